The number of benzene rings is 2. The lowest BCUT2D eigenvalue weighted by Crippen LogP contribution is -2.29. The van der Waals surface area contributed by atoms with Crippen molar-refractivity contribution in [1.82, 2.24) is 4.90 Å². The smallest absolute Gasteiger partial charge is 0.296 e. The van der Waals surface area contributed by atoms with Crippen LogP contribution in [-0.2, 0) is 16.1 Å². The Bertz CT molecular complexity index is 1210. The van der Waals surface area contributed by atoms with Crippen LogP contribution in [0.25, 0.3) is 5.76 Å². The Labute approximate surface area is 217 Å². The standard InChI is InChI=1S/C30H33NO6/c1-3-5-17-35-23-13-9-21(10-14-23)27-26(29(33)30(34)31(27)20-25-8-7-19-37-25)28(32)22-11-15-24(16-12-22)36-18-6-4-2/h7-16,19,27,32H,3-6,17-18,20H2,1-2H3/b28-26+. The zero-order valence-corrected chi connectivity index (χ0v) is 21.3. The normalized spacial score (nSPS) is 16.8. The lowest BCUT2D eigenvalue weighted by molar-refractivity contribution is -0.140. The zero-order chi connectivity index (χ0) is 26.2. The first-order valence-electron chi connectivity index (χ1n) is 12.8. The summed E-state index contributed by atoms with van der Waals surface area (Å²) >= 11 is 0. The van der Waals surface area contributed by atoms with Crippen LogP contribution < -0.4 is 9.47 Å². The number of carbonyl (C=O) groups excluding carboxylic acids is 2. The van der Waals surface area contributed by atoms with Gasteiger partial charge in [0.25, 0.3) is 11.7 Å². The number of hydrogen-bond acceptors (Lipinski definition) is 6. The van der Waals surface area contributed by atoms with E-state index in [9.17, 15) is 14.7 Å². The third-order valence-electron chi connectivity index (χ3n) is 6.30. The van der Waals surface area contributed by atoms with Gasteiger partial charge in [0.2, 0.25) is 0 Å². The molecule has 194 valence electrons. The molecule has 1 unspecified atom stereocenters. The predicted molar refractivity (Wildman–Crippen MR) is 140 cm³/mol. The maximum Gasteiger partial charge on any atom is 0.296 e. The molecule has 7 heteroatoms. The minimum atomic E-state index is -0.782. The topological polar surface area (TPSA) is 89.2 Å². The molecule has 1 aliphatic rings. The van der Waals surface area contributed by atoms with E-state index in [-0.39, 0.29) is 17.9 Å². The first kappa shape index (κ1) is 26.1. The van der Waals surface area contributed by atoms with Crippen molar-refractivity contribution in [2.75, 3.05) is 13.2 Å². The van der Waals surface area contributed by atoms with E-state index in [2.05, 4.69) is 13.8 Å². The third kappa shape index (κ3) is 6.05. The highest BCUT2D eigenvalue weighted by atomic mass is 16.5. The van der Waals surface area contributed by atoms with Crippen molar-refractivity contribution in [3.8, 4) is 11.5 Å². The second-order valence-corrected chi connectivity index (χ2v) is 9.00. The van der Waals surface area contributed by atoms with Gasteiger partial charge in [0, 0.05) is 5.56 Å². The monoisotopic (exact) mass is 503 g/mol. The number of carbonyl (C=O) groups is 2. The second-order valence-electron chi connectivity index (χ2n) is 9.00. The van der Waals surface area contributed by atoms with E-state index in [4.69, 9.17) is 13.9 Å². The van der Waals surface area contributed by atoms with Crippen molar-refractivity contribution >= 4 is 17.4 Å². The van der Waals surface area contributed by atoms with Crippen LogP contribution in [0.1, 0.15) is 62.5 Å². The molecule has 0 saturated carbocycles. The van der Waals surface area contributed by atoms with E-state index in [0.29, 0.717) is 41.6 Å². The number of amides is 1. The molecule has 7 nitrogen and oxygen atoms in total. The molecular weight excluding hydrogens is 470 g/mol. The van der Waals surface area contributed by atoms with E-state index in [0.717, 1.165) is 25.7 Å². The maximum absolute atomic E-state index is 13.2. The van der Waals surface area contributed by atoms with Crippen LogP contribution in [-0.4, -0.2) is 34.9 Å². The molecular formula is C30H33NO6. The van der Waals surface area contributed by atoms with Crippen molar-refractivity contribution in [3.05, 3.63) is 89.4 Å². The molecule has 0 spiro atoms. The van der Waals surface area contributed by atoms with Gasteiger partial charge in [0.1, 0.15) is 23.0 Å². The number of unbranched alkanes of at least 4 members (excludes halogenated alkanes) is 2. The summed E-state index contributed by atoms with van der Waals surface area (Å²) in [5.41, 5.74) is 1.16. The van der Waals surface area contributed by atoms with Crippen molar-refractivity contribution < 1.29 is 28.6 Å². The number of hydrogen-bond donors (Lipinski definition) is 1. The Morgan fingerprint density at radius 3 is 2.03 bits per heavy atom. The summed E-state index contributed by atoms with van der Waals surface area (Å²) in [6.07, 6.45) is 5.48. The van der Waals surface area contributed by atoms with Gasteiger partial charge in [-0.25, -0.2) is 0 Å². The molecule has 0 radical (unpaired) electrons. The van der Waals surface area contributed by atoms with Crippen molar-refractivity contribution in [1.29, 1.82) is 0 Å². The predicted octanol–water partition coefficient (Wildman–Crippen LogP) is 6.26. The van der Waals surface area contributed by atoms with Crippen LogP contribution in [0, 0.1) is 0 Å². The van der Waals surface area contributed by atoms with Gasteiger partial charge in [-0.3, -0.25) is 9.59 Å². The van der Waals surface area contributed by atoms with Gasteiger partial charge < -0.3 is 23.9 Å². The van der Waals surface area contributed by atoms with Crippen LogP contribution in [0.5, 0.6) is 11.5 Å². The third-order valence-corrected chi connectivity index (χ3v) is 6.30. The molecule has 3 aromatic rings. The minimum absolute atomic E-state index is 0.0378. The molecule has 0 aliphatic carbocycles. The van der Waals surface area contributed by atoms with Crippen molar-refractivity contribution in [2.45, 2.75) is 52.1 Å². The largest absolute Gasteiger partial charge is 0.507 e. The summed E-state index contributed by atoms with van der Waals surface area (Å²) < 4.78 is 16.9. The van der Waals surface area contributed by atoms with Gasteiger partial charge >= 0.3 is 0 Å². The molecule has 37 heavy (non-hydrogen) atoms. The lowest BCUT2D eigenvalue weighted by atomic mass is 9.95. The fourth-order valence-corrected chi connectivity index (χ4v) is 4.24. The Morgan fingerprint density at radius 2 is 1.49 bits per heavy atom. The summed E-state index contributed by atoms with van der Waals surface area (Å²) in [7, 11) is 0. The average Bonchev–Trinajstić information content (AvgIpc) is 3.52. The first-order valence-corrected chi connectivity index (χ1v) is 12.8. The van der Waals surface area contributed by atoms with Gasteiger partial charge in [-0.2, -0.15) is 0 Å². The number of nitrogens with zero attached hydrogens (tertiary/aromatic N) is 1. The van der Waals surface area contributed by atoms with E-state index in [1.54, 1.807) is 36.4 Å². The van der Waals surface area contributed by atoms with E-state index in [1.165, 1.54) is 11.2 Å². The Morgan fingerprint density at radius 1 is 0.892 bits per heavy atom. The van der Waals surface area contributed by atoms with E-state index < -0.39 is 17.7 Å². The quantitative estimate of drug-likeness (QED) is 0.136. The Balaban J connectivity index is 1.68. The molecule has 1 aromatic heterocycles. The maximum atomic E-state index is 13.2. The van der Waals surface area contributed by atoms with Crippen LogP contribution in [0.3, 0.4) is 0 Å². The number of Topliss-reactive ketones (excluding diaryl/α,β-unsaturated/α-hetero) is 1. The average molecular weight is 504 g/mol. The molecule has 1 fully saturated rings. The molecule has 2 aromatic carbocycles. The summed E-state index contributed by atoms with van der Waals surface area (Å²) in [6, 6.07) is 16.9. The second kappa shape index (κ2) is 12.3. The number of likely N-dealkylation sites (tertiary alicyclic amines) is 1. The number of furan rings is 1. The van der Waals surface area contributed by atoms with Gasteiger partial charge in [-0.1, -0.05) is 38.8 Å². The molecule has 1 amide bonds. The molecule has 0 bridgehead atoms. The first-order chi connectivity index (χ1) is 18.0. The van der Waals surface area contributed by atoms with Crippen LogP contribution in [0.15, 0.2) is 76.9 Å². The van der Waals surface area contributed by atoms with Crippen LogP contribution in [0.4, 0.5) is 0 Å². The summed E-state index contributed by atoms with van der Waals surface area (Å²) in [5, 5.41) is 11.3. The van der Waals surface area contributed by atoms with Crippen molar-refractivity contribution in [2.24, 2.45) is 0 Å². The molecule has 2 heterocycles. The summed E-state index contributed by atoms with van der Waals surface area (Å²) in [6.45, 7) is 5.51. The fourth-order valence-electron chi connectivity index (χ4n) is 4.24. The molecule has 1 N–H and O–H groups in total. The molecule has 4 rings (SSSR count). The number of ether oxygens (including phenoxy) is 2. The zero-order valence-electron chi connectivity index (χ0n) is 21.3. The fraction of sp³-hybridized carbons (Fsp3) is 0.333. The minimum Gasteiger partial charge on any atom is -0.507 e. The number of ketones is 1. The van der Waals surface area contributed by atoms with Crippen LogP contribution in [0.2, 0.25) is 0 Å². The van der Waals surface area contributed by atoms with Gasteiger partial charge in [-0.15, -0.1) is 0 Å². The Hall–Kier alpha value is -4.00. The Kier molecular flexibility index (Phi) is 8.67. The number of aliphatic hydroxyl groups is 1. The molecule has 1 saturated heterocycles. The highest BCUT2D eigenvalue weighted by molar-refractivity contribution is 6.46. The summed E-state index contributed by atoms with van der Waals surface area (Å²) in [5.74, 6) is 0.275. The van der Waals surface area contributed by atoms with Crippen LogP contribution >= 0.6 is 0 Å². The highest BCUT2D eigenvalue weighted by Gasteiger charge is 2.46. The van der Waals surface area contributed by atoms with E-state index >= 15 is 0 Å². The molecule has 1 atom stereocenters. The van der Waals surface area contributed by atoms with Gasteiger partial charge in [0.05, 0.1) is 37.6 Å². The summed E-state index contributed by atoms with van der Waals surface area (Å²) in [4.78, 5) is 27.8. The lowest BCUT2D eigenvalue weighted by Gasteiger charge is -2.24. The SMILES string of the molecule is CCCCOc1ccc(/C(O)=C2\C(=O)C(=O)N(Cc3ccco3)C2c2ccc(OCCCC)cc2)cc1. The number of aliphatic hydroxyl groups excluding tert-OH is 1. The molecule has 1 aliphatic heterocycles. The van der Waals surface area contributed by atoms with E-state index in [1.807, 2.05) is 24.3 Å². The van der Waals surface area contributed by atoms with Gasteiger partial charge in [-0.05, 0) is 66.9 Å². The van der Waals surface area contributed by atoms with Crippen molar-refractivity contribution in [3.63, 3.8) is 0 Å². The van der Waals surface area contributed by atoms with Gasteiger partial charge in [0.15, 0.2) is 0 Å². The number of rotatable bonds is 12. The highest BCUT2D eigenvalue weighted by Crippen LogP contribution is 2.41.